The molecule has 0 N–H and O–H groups in total. The standard InChI is InChI=1S/C38H8F10N6/c39-21-3-15(1-17(5-21)29-35(45)31(41)27(13-53)32(42)36(29)46)23-7-26(20(11-51)12-52)24(8-25(23)19(9-49)10-50)16-2-18(6-22(40)4-16)30-37(47)33(43)28(14-54)34(44)38(30)48/h1-8H. The number of nitriles is 6. The highest BCUT2D eigenvalue weighted by Gasteiger charge is 2.29. The summed E-state index contributed by atoms with van der Waals surface area (Å²) in [6.45, 7) is 0. The fourth-order valence-electron chi connectivity index (χ4n) is 5.53. The number of rotatable bonds is 4. The van der Waals surface area contributed by atoms with Crippen molar-refractivity contribution in [3.63, 3.8) is 0 Å². The molecule has 0 spiro atoms. The average Bonchev–Trinajstić information content (AvgIpc) is 3.14. The smallest absolute Gasteiger partial charge is 0.180 e. The third-order valence-corrected chi connectivity index (χ3v) is 7.89. The minimum Gasteiger partial charge on any atom is -0.207 e. The van der Waals surface area contributed by atoms with Crippen LogP contribution < -0.4 is 10.4 Å². The maximum atomic E-state index is 15.2. The van der Waals surface area contributed by atoms with E-state index in [4.69, 9.17) is 10.5 Å². The normalized spacial score (nSPS) is 10.3. The first kappa shape index (κ1) is 37.3. The van der Waals surface area contributed by atoms with E-state index in [1.54, 1.807) is 0 Å². The third kappa shape index (κ3) is 6.07. The summed E-state index contributed by atoms with van der Waals surface area (Å²) < 4.78 is 149. The van der Waals surface area contributed by atoms with E-state index in [0.717, 1.165) is 36.4 Å². The van der Waals surface area contributed by atoms with E-state index in [2.05, 4.69) is 0 Å². The van der Waals surface area contributed by atoms with Crippen molar-refractivity contribution in [3.8, 4) is 80.9 Å². The van der Waals surface area contributed by atoms with Gasteiger partial charge in [0.15, 0.2) is 46.5 Å². The lowest BCUT2D eigenvalue weighted by Crippen LogP contribution is -2.19. The van der Waals surface area contributed by atoms with Gasteiger partial charge in [-0.3, -0.25) is 0 Å². The Morgan fingerprint density at radius 3 is 0.889 bits per heavy atom. The molecule has 16 heteroatoms. The SMILES string of the molecule is N#CC(C#N)=c1cc(-c2cc(F)cc(-c3c(F)c(F)c(C#N)c(F)c3F)c2)c(=C(C#N)C#N)cc1-c1cc(F)cc(-c2c(F)c(F)c(C#N)c(F)c2F)c1. The summed E-state index contributed by atoms with van der Waals surface area (Å²) in [5.41, 5.74) is -11.4. The van der Waals surface area contributed by atoms with Crippen LogP contribution in [0.25, 0.3) is 55.7 Å². The van der Waals surface area contributed by atoms with Crippen molar-refractivity contribution in [2.75, 3.05) is 0 Å². The van der Waals surface area contributed by atoms with Crippen molar-refractivity contribution in [3.05, 3.63) is 128 Å². The van der Waals surface area contributed by atoms with E-state index < -0.39 is 135 Å². The molecule has 0 saturated carbocycles. The van der Waals surface area contributed by atoms with Crippen LogP contribution in [0.5, 0.6) is 0 Å². The van der Waals surface area contributed by atoms with Gasteiger partial charge in [0, 0.05) is 10.4 Å². The molecule has 5 rings (SSSR count). The van der Waals surface area contributed by atoms with Gasteiger partial charge in [-0.05, 0) is 81.9 Å². The molecule has 0 atom stereocenters. The number of nitrogens with zero attached hydrogens (tertiary/aromatic N) is 6. The monoisotopic (exact) mass is 738 g/mol. The average molecular weight is 739 g/mol. The van der Waals surface area contributed by atoms with Gasteiger partial charge in [0.25, 0.3) is 0 Å². The summed E-state index contributed by atoms with van der Waals surface area (Å²) in [4.78, 5) is 0. The van der Waals surface area contributed by atoms with E-state index in [1.807, 2.05) is 0 Å². The van der Waals surface area contributed by atoms with Gasteiger partial charge in [-0.15, -0.1) is 0 Å². The molecule has 260 valence electrons. The van der Waals surface area contributed by atoms with Crippen LogP contribution in [0.15, 0.2) is 48.5 Å². The van der Waals surface area contributed by atoms with Crippen LogP contribution in [0, 0.1) is 126 Å². The molecule has 0 aliphatic carbocycles. The predicted octanol–water partition coefficient (Wildman–Crippen LogP) is 7.88. The fraction of sp³-hybridized carbons (Fsp3) is 0. The number of hydrogen-bond donors (Lipinski definition) is 0. The second kappa shape index (κ2) is 14.4. The van der Waals surface area contributed by atoms with Crippen molar-refractivity contribution in [1.29, 1.82) is 31.6 Å². The zero-order chi connectivity index (χ0) is 39.8. The summed E-state index contributed by atoms with van der Waals surface area (Å²) in [7, 11) is 0. The summed E-state index contributed by atoms with van der Waals surface area (Å²) in [6, 6.07) is 13.4. The summed E-state index contributed by atoms with van der Waals surface area (Å²) in [5.74, 6) is -19.5. The first-order chi connectivity index (χ1) is 25.7. The summed E-state index contributed by atoms with van der Waals surface area (Å²) in [6.07, 6.45) is 0. The molecule has 54 heavy (non-hydrogen) atoms. The largest absolute Gasteiger partial charge is 0.207 e. The number of benzene rings is 5. The second-order valence-corrected chi connectivity index (χ2v) is 10.8. The van der Waals surface area contributed by atoms with Crippen LogP contribution in [0.2, 0.25) is 0 Å². The van der Waals surface area contributed by atoms with E-state index in [0.29, 0.717) is 24.3 Å². The van der Waals surface area contributed by atoms with Gasteiger partial charge in [0.2, 0.25) is 0 Å². The first-order valence-corrected chi connectivity index (χ1v) is 14.4. The van der Waals surface area contributed by atoms with Crippen LogP contribution in [0.3, 0.4) is 0 Å². The summed E-state index contributed by atoms with van der Waals surface area (Å²) in [5, 5.41) is 56.1. The number of hydrogen-bond acceptors (Lipinski definition) is 6. The Morgan fingerprint density at radius 1 is 0.352 bits per heavy atom. The Bertz CT molecular complexity index is 2630. The lowest BCUT2D eigenvalue weighted by molar-refractivity contribution is 0.454. The Hall–Kier alpha value is -7.92. The zero-order valence-corrected chi connectivity index (χ0v) is 26.1. The molecular weight excluding hydrogens is 730 g/mol. The molecule has 6 nitrogen and oxygen atoms in total. The Morgan fingerprint density at radius 2 is 0.630 bits per heavy atom. The molecule has 5 aromatic rings. The highest BCUT2D eigenvalue weighted by molar-refractivity contribution is 5.87. The minimum absolute atomic E-state index is 0.438. The second-order valence-electron chi connectivity index (χ2n) is 10.8. The zero-order valence-electron chi connectivity index (χ0n) is 26.1. The van der Waals surface area contributed by atoms with Crippen LogP contribution in [0.4, 0.5) is 43.9 Å². The lowest BCUT2D eigenvalue weighted by atomic mass is 9.89. The van der Waals surface area contributed by atoms with Gasteiger partial charge in [-0.25, -0.2) is 43.9 Å². The molecule has 0 aliphatic rings. The van der Waals surface area contributed by atoms with Crippen LogP contribution in [-0.2, 0) is 0 Å². The lowest BCUT2D eigenvalue weighted by Gasteiger charge is -2.14. The first-order valence-electron chi connectivity index (χ1n) is 14.4. The summed E-state index contributed by atoms with van der Waals surface area (Å²) >= 11 is 0. The molecular formula is C38H8F10N6. The van der Waals surface area contributed by atoms with Crippen molar-refractivity contribution in [1.82, 2.24) is 0 Å². The highest BCUT2D eigenvalue weighted by atomic mass is 19.2. The third-order valence-electron chi connectivity index (χ3n) is 7.89. The van der Waals surface area contributed by atoms with Crippen LogP contribution in [0.1, 0.15) is 11.1 Å². The van der Waals surface area contributed by atoms with Gasteiger partial charge in [0.1, 0.15) is 70.3 Å². The molecule has 0 aromatic heterocycles. The molecule has 0 fully saturated rings. The van der Waals surface area contributed by atoms with E-state index in [-0.39, 0.29) is 0 Å². The van der Waals surface area contributed by atoms with Gasteiger partial charge < -0.3 is 0 Å². The van der Waals surface area contributed by atoms with Gasteiger partial charge in [-0.2, -0.15) is 31.6 Å². The fourth-order valence-corrected chi connectivity index (χ4v) is 5.53. The molecule has 0 radical (unpaired) electrons. The quantitative estimate of drug-likeness (QED) is 0.136. The van der Waals surface area contributed by atoms with Crippen LogP contribution in [-0.4, -0.2) is 0 Å². The molecule has 0 heterocycles. The molecule has 0 saturated heterocycles. The maximum Gasteiger partial charge on any atom is 0.180 e. The van der Waals surface area contributed by atoms with Crippen molar-refractivity contribution in [2.45, 2.75) is 0 Å². The highest BCUT2D eigenvalue weighted by Crippen LogP contribution is 2.37. The maximum absolute atomic E-state index is 15.2. The van der Waals surface area contributed by atoms with E-state index >= 15 is 26.3 Å². The topological polar surface area (TPSA) is 143 Å². The van der Waals surface area contributed by atoms with Gasteiger partial charge in [0.05, 0.1) is 11.1 Å². The van der Waals surface area contributed by atoms with Crippen molar-refractivity contribution in [2.24, 2.45) is 0 Å². The number of halogens is 10. The Kier molecular flexibility index (Phi) is 9.93. The Balaban J connectivity index is 1.93. The molecule has 0 bridgehead atoms. The van der Waals surface area contributed by atoms with E-state index in [1.165, 1.54) is 24.3 Å². The van der Waals surface area contributed by atoms with E-state index in [9.17, 15) is 38.6 Å². The molecule has 0 unspecified atom stereocenters. The van der Waals surface area contributed by atoms with Crippen molar-refractivity contribution < 1.29 is 43.9 Å². The van der Waals surface area contributed by atoms with Gasteiger partial charge >= 0.3 is 0 Å². The predicted molar refractivity (Wildman–Crippen MR) is 166 cm³/mol. The minimum atomic E-state index is -2.11. The molecule has 0 aliphatic heterocycles. The van der Waals surface area contributed by atoms with Crippen LogP contribution >= 0.6 is 0 Å². The van der Waals surface area contributed by atoms with Gasteiger partial charge in [-0.1, -0.05) is 0 Å². The molecule has 0 amide bonds. The molecule has 5 aromatic carbocycles. The Labute approximate surface area is 295 Å². The van der Waals surface area contributed by atoms with Crippen molar-refractivity contribution >= 4 is 11.1 Å².